The van der Waals surface area contributed by atoms with Crippen LogP contribution in [0.4, 0.5) is 0 Å². The van der Waals surface area contributed by atoms with Crippen molar-refractivity contribution in [1.29, 1.82) is 0 Å². The average Bonchev–Trinajstić information content (AvgIpc) is 2.62. The van der Waals surface area contributed by atoms with Crippen LogP contribution in [-0.2, 0) is 16.4 Å². The van der Waals surface area contributed by atoms with E-state index in [1.807, 2.05) is 20.8 Å². The molecule has 1 aromatic carbocycles. The summed E-state index contributed by atoms with van der Waals surface area (Å²) in [5.74, 6) is 0. The molecule has 22 heavy (non-hydrogen) atoms. The lowest BCUT2D eigenvalue weighted by Crippen LogP contribution is -2.47. The molecule has 0 radical (unpaired) electrons. The van der Waals surface area contributed by atoms with Gasteiger partial charge in [-0.15, -0.1) is 11.8 Å². The second-order valence-corrected chi connectivity index (χ2v) is 16.3. The molecule has 0 aromatic heterocycles. The zero-order valence-electron chi connectivity index (χ0n) is 14.6. The van der Waals surface area contributed by atoms with Crippen LogP contribution in [-0.4, -0.2) is 27.3 Å². The van der Waals surface area contributed by atoms with E-state index in [-0.39, 0.29) is 0 Å². The smallest absolute Gasteiger partial charge is 0.207 e. The number of nitrogens with one attached hydrogen (secondary N) is 1. The van der Waals surface area contributed by atoms with Crippen molar-refractivity contribution in [3.05, 3.63) is 17.7 Å². The van der Waals surface area contributed by atoms with E-state index in [0.717, 1.165) is 16.5 Å². The van der Waals surface area contributed by atoms with Gasteiger partial charge in [-0.05, 0) is 37.9 Å². The molecule has 0 amide bonds. The maximum Gasteiger partial charge on any atom is 0.242 e. The minimum atomic E-state index is -3.52. The number of hydrogen-bond donors (Lipinski definition) is 1. The lowest BCUT2D eigenvalue weighted by atomic mass is 10.1. The van der Waals surface area contributed by atoms with Crippen LogP contribution in [0.2, 0.25) is 19.6 Å². The first-order chi connectivity index (χ1) is 9.81. The highest BCUT2D eigenvalue weighted by Gasteiger charge is 2.35. The maximum absolute atomic E-state index is 13.1. The highest BCUT2D eigenvalue weighted by Crippen LogP contribution is 2.41. The summed E-state index contributed by atoms with van der Waals surface area (Å²) >= 11 is 1.70. The van der Waals surface area contributed by atoms with E-state index in [0.29, 0.717) is 10.1 Å². The monoisotopic (exact) mass is 357 g/mol. The first-order valence-corrected chi connectivity index (χ1v) is 13.5. The highest BCUT2D eigenvalue weighted by molar-refractivity contribution is 8.01. The van der Waals surface area contributed by atoms with Crippen molar-refractivity contribution in [2.75, 3.05) is 0 Å². The first kappa shape index (κ1) is 18.0. The van der Waals surface area contributed by atoms with Gasteiger partial charge in [0.05, 0.1) is 13.0 Å². The van der Waals surface area contributed by atoms with Crippen LogP contribution in [0.1, 0.15) is 33.3 Å². The molecule has 1 atom stereocenters. The van der Waals surface area contributed by atoms with E-state index in [9.17, 15) is 8.42 Å². The second-order valence-electron chi connectivity index (χ2n) is 8.17. The van der Waals surface area contributed by atoms with Gasteiger partial charge < -0.3 is 0 Å². The van der Waals surface area contributed by atoms with E-state index in [1.54, 1.807) is 11.8 Å². The number of sulfonamides is 1. The Bertz CT molecular complexity index is 685. The number of benzene rings is 1. The zero-order chi connectivity index (χ0) is 16.9. The van der Waals surface area contributed by atoms with Crippen LogP contribution >= 0.6 is 11.8 Å². The number of thioether (sulfide) groups is 1. The molecule has 0 fully saturated rings. The fourth-order valence-electron chi connectivity index (χ4n) is 2.76. The van der Waals surface area contributed by atoms with Crippen LogP contribution in [0.15, 0.2) is 21.9 Å². The second kappa shape index (κ2) is 5.65. The van der Waals surface area contributed by atoms with Crippen molar-refractivity contribution in [2.24, 2.45) is 0 Å². The van der Waals surface area contributed by atoms with Crippen molar-refractivity contribution in [1.82, 2.24) is 4.72 Å². The van der Waals surface area contributed by atoms with Crippen molar-refractivity contribution < 1.29 is 8.42 Å². The summed E-state index contributed by atoms with van der Waals surface area (Å²) in [7, 11) is -5.28. The molecule has 0 aliphatic carbocycles. The molecule has 2 rings (SSSR count). The van der Waals surface area contributed by atoms with Crippen LogP contribution in [0.3, 0.4) is 0 Å². The lowest BCUT2D eigenvalue weighted by molar-refractivity contribution is 0.490. The molecule has 0 saturated carbocycles. The fourth-order valence-corrected chi connectivity index (χ4v) is 8.86. The van der Waals surface area contributed by atoms with Gasteiger partial charge in [0.2, 0.25) is 10.0 Å². The predicted octanol–water partition coefficient (Wildman–Crippen LogP) is 3.35. The van der Waals surface area contributed by atoms with Gasteiger partial charge in [-0.1, -0.05) is 38.7 Å². The van der Waals surface area contributed by atoms with Gasteiger partial charge in [-0.3, -0.25) is 0 Å². The molecule has 0 spiro atoms. The number of fused-ring (bicyclic) bond motifs is 1. The molecule has 1 aliphatic rings. The Morgan fingerprint density at radius 2 is 1.82 bits per heavy atom. The van der Waals surface area contributed by atoms with Gasteiger partial charge in [0.15, 0.2) is 0 Å². The quantitative estimate of drug-likeness (QED) is 0.844. The molecule has 3 nitrogen and oxygen atoms in total. The fraction of sp³-hybridized carbons (Fsp3) is 0.625. The van der Waals surface area contributed by atoms with Crippen molar-refractivity contribution >= 4 is 35.0 Å². The Hall–Kier alpha value is -0.303. The average molecular weight is 358 g/mol. The van der Waals surface area contributed by atoms with Gasteiger partial charge in [-0.25, -0.2) is 13.1 Å². The largest absolute Gasteiger partial charge is 0.242 e. The Balaban J connectivity index is 2.70. The summed E-state index contributed by atoms with van der Waals surface area (Å²) in [6, 6.07) is 4.19. The minimum absolute atomic E-state index is 0.440. The van der Waals surface area contributed by atoms with Gasteiger partial charge in [0.25, 0.3) is 0 Å². The predicted molar refractivity (Wildman–Crippen MR) is 98.5 cm³/mol. The van der Waals surface area contributed by atoms with E-state index in [2.05, 4.69) is 43.4 Å². The Morgan fingerprint density at radius 1 is 1.23 bits per heavy atom. The van der Waals surface area contributed by atoms with Crippen LogP contribution < -0.4 is 9.91 Å². The molecule has 1 unspecified atom stereocenters. The SMILES string of the molecule is CC1Cc2ccc([Si](C)(C)C)c(S(=O)(=O)NC(C)(C)C)c2S1. The highest BCUT2D eigenvalue weighted by atomic mass is 32.2. The summed E-state index contributed by atoms with van der Waals surface area (Å²) < 4.78 is 29.0. The summed E-state index contributed by atoms with van der Waals surface area (Å²) in [6.45, 7) is 14.4. The molecule has 1 N–H and O–H groups in total. The summed E-state index contributed by atoms with van der Waals surface area (Å²) in [5.41, 5.74) is 0.696. The van der Waals surface area contributed by atoms with Crippen LogP contribution in [0, 0.1) is 0 Å². The van der Waals surface area contributed by atoms with Crippen LogP contribution in [0.5, 0.6) is 0 Å². The van der Waals surface area contributed by atoms with Crippen molar-refractivity contribution in [3.63, 3.8) is 0 Å². The summed E-state index contributed by atoms with van der Waals surface area (Å²) in [5, 5.41) is 1.47. The molecule has 124 valence electrons. The molecule has 1 aromatic rings. The Labute approximate surface area is 140 Å². The first-order valence-electron chi connectivity index (χ1n) is 7.68. The van der Waals surface area contributed by atoms with Crippen molar-refractivity contribution in [3.8, 4) is 0 Å². The van der Waals surface area contributed by atoms with E-state index in [4.69, 9.17) is 0 Å². The molecular formula is C16H27NO2S2Si. The molecule has 1 aliphatic heterocycles. The molecule has 0 saturated heterocycles. The van der Waals surface area contributed by atoms with Gasteiger partial charge in [-0.2, -0.15) is 0 Å². The van der Waals surface area contributed by atoms with E-state index >= 15 is 0 Å². The van der Waals surface area contributed by atoms with E-state index < -0.39 is 23.6 Å². The zero-order valence-corrected chi connectivity index (χ0v) is 17.2. The Kier molecular flexibility index (Phi) is 4.63. The molecule has 0 bridgehead atoms. The number of hydrogen-bond acceptors (Lipinski definition) is 3. The lowest BCUT2D eigenvalue weighted by Gasteiger charge is -2.26. The van der Waals surface area contributed by atoms with Gasteiger partial charge >= 0.3 is 0 Å². The summed E-state index contributed by atoms with van der Waals surface area (Å²) in [6.07, 6.45) is 0.948. The minimum Gasteiger partial charge on any atom is -0.207 e. The van der Waals surface area contributed by atoms with E-state index in [1.165, 1.54) is 5.56 Å². The van der Waals surface area contributed by atoms with Gasteiger partial charge in [0.1, 0.15) is 0 Å². The maximum atomic E-state index is 13.1. The third-order valence-electron chi connectivity index (χ3n) is 3.54. The summed E-state index contributed by atoms with van der Waals surface area (Å²) in [4.78, 5) is 1.53. The normalized spacial score (nSPS) is 19.3. The Morgan fingerprint density at radius 3 is 2.32 bits per heavy atom. The van der Waals surface area contributed by atoms with Crippen molar-refractivity contribution in [2.45, 2.75) is 74.3 Å². The number of rotatable bonds is 3. The topological polar surface area (TPSA) is 46.2 Å². The molecule has 1 heterocycles. The molecule has 6 heteroatoms. The van der Waals surface area contributed by atoms with Gasteiger partial charge in [0, 0.05) is 15.7 Å². The van der Waals surface area contributed by atoms with Crippen LogP contribution in [0.25, 0.3) is 0 Å². The third kappa shape index (κ3) is 3.78. The molecular weight excluding hydrogens is 330 g/mol. The standard InChI is InChI=1S/C16H27NO2S2Si/c1-11-10-12-8-9-13(22(5,6)7)15(14(12)20-11)21(18,19)17-16(2,3)4/h8-9,11,17H,10H2,1-7H3. The third-order valence-corrected chi connectivity index (χ3v) is 8.99.